The average molecular weight is 167 g/mol. The first-order valence-corrected chi connectivity index (χ1v) is 3.96. The summed E-state index contributed by atoms with van der Waals surface area (Å²) in [4.78, 5) is 14.7. The van der Waals surface area contributed by atoms with E-state index in [4.69, 9.17) is 0 Å². The van der Waals surface area contributed by atoms with Crippen LogP contribution in [0.25, 0.3) is 0 Å². The molecular weight excluding hydrogens is 157 g/mol. The lowest BCUT2D eigenvalue weighted by Crippen LogP contribution is -2.01. The maximum atomic E-state index is 10.7. The SMILES string of the molecule is CC(=O)Cc1ccc(P)nc1. The second-order valence-electron chi connectivity index (χ2n) is 2.47. The molecule has 0 radical (unpaired) electrons. The summed E-state index contributed by atoms with van der Waals surface area (Å²) in [5, 5.41) is 0. The molecule has 0 aliphatic heterocycles. The molecule has 0 saturated carbocycles. The van der Waals surface area contributed by atoms with Gasteiger partial charge in [0.15, 0.2) is 0 Å². The number of aromatic nitrogens is 1. The van der Waals surface area contributed by atoms with E-state index in [-0.39, 0.29) is 5.78 Å². The molecule has 1 unspecified atom stereocenters. The van der Waals surface area contributed by atoms with Crippen molar-refractivity contribution < 1.29 is 4.79 Å². The van der Waals surface area contributed by atoms with Gasteiger partial charge >= 0.3 is 0 Å². The predicted octanol–water partition coefficient (Wildman–Crippen LogP) is 0.713. The molecule has 1 heterocycles. The lowest BCUT2D eigenvalue weighted by molar-refractivity contribution is -0.116. The van der Waals surface area contributed by atoms with E-state index >= 15 is 0 Å². The number of Topliss-reactive ketones (excluding diaryl/α,β-unsaturated/α-hetero) is 1. The predicted molar refractivity (Wildman–Crippen MR) is 48.0 cm³/mol. The minimum absolute atomic E-state index is 0.170. The Morgan fingerprint density at radius 2 is 2.36 bits per heavy atom. The number of carbonyl (C=O) groups excluding carboxylic acids is 1. The highest BCUT2D eigenvalue weighted by Gasteiger charge is 1.96. The minimum Gasteiger partial charge on any atom is -0.300 e. The molecule has 1 aromatic rings. The molecule has 0 aliphatic carbocycles. The van der Waals surface area contributed by atoms with E-state index in [0.717, 1.165) is 11.0 Å². The number of rotatable bonds is 2. The average Bonchev–Trinajstić information content (AvgIpc) is 1.93. The van der Waals surface area contributed by atoms with Crippen LogP contribution in [0, 0.1) is 0 Å². The molecule has 0 bridgehead atoms. The van der Waals surface area contributed by atoms with Crippen molar-refractivity contribution in [1.29, 1.82) is 0 Å². The fourth-order valence-electron chi connectivity index (χ4n) is 0.828. The first kappa shape index (κ1) is 8.35. The molecule has 1 atom stereocenters. The zero-order valence-electron chi connectivity index (χ0n) is 6.37. The number of ketones is 1. The molecule has 3 heteroatoms. The van der Waals surface area contributed by atoms with Gasteiger partial charge in [0, 0.05) is 12.6 Å². The van der Waals surface area contributed by atoms with Gasteiger partial charge in [0.05, 0.1) is 5.44 Å². The molecule has 0 saturated heterocycles. The first-order valence-electron chi connectivity index (χ1n) is 3.38. The van der Waals surface area contributed by atoms with Gasteiger partial charge in [-0.15, -0.1) is 0 Å². The summed E-state index contributed by atoms with van der Waals surface area (Å²) in [6.45, 7) is 1.58. The quantitative estimate of drug-likeness (QED) is 0.607. The molecule has 2 nitrogen and oxygen atoms in total. The topological polar surface area (TPSA) is 30.0 Å². The van der Waals surface area contributed by atoms with Crippen molar-refractivity contribution in [2.24, 2.45) is 0 Å². The highest BCUT2D eigenvalue weighted by atomic mass is 31.0. The van der Waals surface area contributed by atoms with Crippen LogP contribution in [-0.4, -0.2) is 10.8 Å². The number of hydrogen-bond acceptors (Lipinski definition) is 2. The Hall–Kier alpha value is -0.750. The molecular formula is C8H10NOP. The van der Waals surface area contributed by atoms with Gasteiger partial charge in [0.2, 0.25) is 0 Å². The van der Waals surface area contributed by atoms with Crippen LogP contribution >= 0.6 is 9.24 Å². The standard InChI is InChI=1S/C8H10NOP/c1-6(10)4-7-2-3-8(11)9-5-7/h2-3,5H,4,11H2,1H3. The second kappa shape index (κ2) is 3.59. The fraction of sp³-hybridized carbons (Fsp3) is 0.250. The second-order valence-corrected chi connectivity index (χ2v) is 3.06. The Morgan fingerprint density at radius 1 is 1.64 bits per heavy atom. The van der Waals surface area contributed by atoms with Crippen molar-refractivity contribution >= 4 is 20.5 Å². The van der Waals surface area contributed by atoms with Crippen LogP contribution in [-0.2, 0) is 11.2 Å². The van der Waals surface area contributed by atoms with Crippen molar-refractivity contribution in [3.8, 4) is 0 Å². The largest absolute Gasteiger partial charge is 0.300 e. The van der Waals surface area contributed by atoms with E-state index in [0.29, 0.717) is 6.42 Å². The third-order valence-electron chi connectivity index (χ3n) is 1.30. The van der Waals surface area contributed by atoms with Gasteiger partial charge in [-0.3, -0.25) is 9.78 Å². The lowest BCUT2D eigenvalue weighted by Gasteiger charge is -1.96. The van der Waals surface area contributed by atoms with Crippen LogP contribution in [0.1, 0.15) is 12.5 Å². The van der Waals surface area contributed by atoms with Gasteiger partial charge in [-0.2, -0.15) is 0 Å². The molecule has 0 amide bonds. The van der Waals surface area contributed by atoms with E-state index < -0.39 is 0 Å². The van der Waals surface area contributed by atoms with Crippen molar-refractivity contribution in [2.75, 3.05) is 0 Å². The number of nitrogens with zero attached hydrogens (tertiary/aromatic N) is 1. The van der Waals surface area contributed by atoms with Crippen LogP contribution in [0.5, 0.6) is 0 Å². The summed E-state index contributed by atoms with van der Waals surface area (Å²) in [6, 6.07) is 3.79. The maximum Gasteiger partial charge on any atom is 0.134 e. The summed E-state index contributed by atoms with van der Waals surface area (Å²) < 4.78 is 0. The molecule has 1 rings (SSSR count). The highest BCUT2D eigenvalue weighted by Crippen LogP contribution is 1.97. The smallest absolute Gasteiger partial charge is 0.134 e. The van der Waals surface area contributed by atoms with E-state index in [1.807, 2.05) is 12.1 Å². The number of hydrogen-bond donors (Lipinski definition) is 0. The zero-order valence-corrected chi connectivity index (χ0v) is 7.53. The van der Waals surface area contributed by atoms with Crippen LogP contribution in [0.15, 0.2) is 18.3 Å². The molecule has 0 fully saturated rings. The lowest BCUT2D eigenvalue weighted by atomic mass is 10.2. The van der Waals surface area contributed by atoms with Gasteiger partial charge in [0.25, 0.3) is 0 Å². The van der Waals surface area contributed by atoms with Crippen molar-refractivity contribution in [3.63, 3.8) is 0 Å². The molecule has 0 aromatic carbocycles. The van der Waals surface area contributed by atoms with Crippen molar-refractivity contribution in [1.82, 2.24) is 4.98 Å². The van der Waals surface area contributed by atoms with Crippen molar-refractivity contribution in [2.45, 2.75) is 13.3 Å². The summed E-state index contributed by atoms with van der Waals surface area (Å²) in [5.74, 6) is 0.170. The van der Waals surface area contributed by atoms with Crippen LogP contribution in [0.2, 0.25) is 0 Å². The maximum absolute atomic E-state index is 10.7. The zero-order chi connectivity index (χ0) is 8.27. The summed E-state index contributed by atoms with van der Waals surface area (Å²) in [5.41, 5.74) is 1.88. The number of carbonyl (C=O) groups is 1. The molecule has 0 aliphatic rings. The summed E-state index contributed by atoms with van der Waals surface area (Å²) >= 11 is 0. The van der Waals surface area contributed by atoms with E-state index in [1.54, 1.807) is 13.1 Å². The molecule has 0 N–H and O–H groups in total. The Bertz CT molecular complexity index is 255. The Balaban J connectivity index is 2.74. The van der Waals surface area contributed by atoms with Crippen LogP contribution in [0.4, 0.5) is 0 Å². The Labute approximate surface area is 68.2 Å². The Kier molecular flexibility index (Phi) is 2.72. The van der Waals surface area contributed by atoms with Gasteiger partial charge in [-0.1, -0.05) is 15.3 Å². The summed E-state index contributed by atoms with van der Waals surface area (Å²) in [7, 11) is 2.50. The van der Waals surface area contributed by atoms with E-state index in [2.05, 4.69) is 14.2 Å². The third kappa shape index (κ3) is 2.77. The fourth-order valence-corrected chi connectivity index (χ4v) is 0.999. The molecule has 1 aromatic heterocycles. The molecule has 0 spiro atoms. The number of pyridine rings is 1. The van der Waals surface area contributed by atoms with Gasteiger partial charge in [0.1, 0.15) is 5.78 Å². The van der Waals surface area contributed by atoms with Gasteiger partial charge in [-0.05, 0) is 18.6 Å². The highest BCUT2D eigenvalue weighted by molar-refractivity contribution is 7.26. The molecule has 58 valence electrons. The van der Waals surface area contributed by atoms with Gasteiger partial charge in [-0.25, -0.2) is 0 Å². The van der Waals surface area contributed by atoms with Crippen molar-refractivity contribution in [3.05, 3.63) is 23.9 Å². The monoisotopic (exact) mass is 167 g/mol. The minimum atomic E-state index is 0.170. The Morgan fingerprint density at radius 3 is 2.82 bits per heavy atom. The van der Waals surface area contributed by atoms with E-state index in [1.165, 1.54) is 0 Å². The molecule has 11 heavy (non-hydrogen) atoms. The summed E-state index contributed by atoms with van der Waals surface area (Å²) in [6.07, 6.45) is 2.21. The van der Waals surface area contributed by atoms with E-state index in [9.17, 15) is 4.79 Å². The first-order chi connectivity index (χ1) is 5.18. The van der Waals surface area contributed by atoms with Crippen LogP contribution in [0.3, 0.4) is 0 Å². The van der Waals surface area contributed by atoms with Crippen LogP contribution < -0.4 is 5.44 Å². The third-order valence-corrected chi connectivity index (χ3v) is 1.64. The van der Waals surface area contributed by atoms with Gasteiger partial charge < -0.3 is 0 Å². The normalized spacial score (nSPS) is 9.64.